The predicted octanol–water partition coefficient (Wildman–Crippen LogP) is 5.76. The molecule has 0 spiro atoms. The number of aromatic nitrogens is 1. The van der Waals surface area contributed by atoms with Gasteiger partial charge in [0.05, 0.1) is 26.0 Å². The molecule has 2 amide bonds. The van der Waals surface area contributed by atoms with Crippen LogP contribution in [0.4, 0.5) is 0 Å². The Kier molecular flexibility index (Phi) is 7.17. The van der Waals surface area contributed by atoms with Gasteiger partial charge in [-0.25, -0.2) is 0 Å². The minimum atomic E-state index is -0.415. The number of amides is 2. The molecule has 7 heteroatoms. The summed E-state index contributed by atoms with van der Waals surface area (Å²) in [6, 6.07) is 31.2. The maximum Gasteiger partial charge on any atom is 0.255 e. The van der Waals surface area contributed by atoms with Crippen LogP contribution in [-0.2, 0) is 11.2 Å². The molecule has 0 saturated carbocycles. The van der Waals surface area contributed by atoms with Crippen molar-refractivity contribution < 1.29 is 19.1 Å². The molecule has 0 saturated heterocycles. The van der Waals surface area contributed by atoms with Crippen LogP contribution in [-0.4, -0.2) is 49.0 Å². The Morgan fingerprint density at radius 2 is 1.61 bits per heavy atom. The van der Waals surface area contributed by atoms with Gasteiger partial charge < -0.3 is 24.7 Å². The summed E-state index contributed by atoms with van der Waals surface area (Å²) in [6.45, 7) is 0.369. The summed E-state index contributed by atoms with van der Waals surface area (Å²) in [4.78, 5) is 32.3. The van der Waals surface area contributed by atoms with Crippen LogP contribution in [0.1, 0.15) is 33.1 Å². The normalized spacial score (nSPS) is 14.2. The fraction of sp³-hybridized carbons (Fsp3) is 0.176. The first-order valence-electron chi connectivity index (χ1n) is 13.6. The Bertz CT molecular complexity index is 1730. The molecule has 0 aliphatic carbocycles. The van der Waals surface area contributed by atoms with E-state index in [2.05, 4.69) is 28.5 Å². The monoisotopic (exact) mass is 545 g/mol. The molecule has 2 heterocycles. The molecule has 0 bridgehead atoms. The van der Waals surface area contributed by atoms with Crippen molar-refractivity contribution >= 4 is 22.7 Å². The standard InChI is InChI=1S/C34H31N3O4/c1-40-28-17-16-22(20-29(28)41-2)18-19-35-30(38)21-37-33(24-12-6-7-13-25(24)34(37)39)31-26-14-8-9-15-27(26)36-32(31)23-10-4-3-5-11-23/h3-17,20,33,36H,18-19,21H2,1-2H3,(H,35,38)/t33-/m0/s1. The van der Waals surface area contributed by atoms with E-state index in [1.807, 2.05) is 78.9 Å². The fourth-order valence-electron chi connectivity index (χ4n) is 5.72. The Morgan fingerprint density at radius 1 is 0.878 bits per heavy atom. The van der Waals surface area contributed by atoms with E-state index in [0.29, 0.717) is 30.0 Å². The third-order valence-corrected chi connectivity index (χ3v) is 7.64. The quantitative estimate of drug-likeness (QED) is 0.247. The van der Waals surface area contributed by atoms with Crippen LogP contribution < -0.4 is 14.8 Å². The SMILES string of the molecule is COc1ccc(CCNC(=O)CN2C(=O)c3ccccc3[C@H]2c2c(-c3ccccc3)[nH]c3ccccc23)cc1OC. The number of carbonyl (C=O) groups is 2. The maximum atomic E-state index is 13.8. The lowest BCUT2D eigenvalue weighted by molar-refractivity contribution is -0.122. The summed E-state index contributed by atoms with van der Waals surface area (Å²) >= 11 is 0. The van der Waals surface area contributed by atoms with Gasteiger partial charge in [-0.05, 0) is 47.4 Å². The van der Waals surface area contributed by atoms with Gasteiger partial charge in [0.2, 0.25) is 5.91 Å². The van der Waals surface area contributed by atoms with E-state index in [0.717, 1.165) is 38.9 Å². The van der Waals surface area contributed by atoms with Crippen molar-refractivity contribution in [2.75, 3.05) is 27.3 Å². The number of aromatic amines is 1. The van der Waals surface area contributed by atoms with Crippen molar-refractivity contribution in [3.05, 3.63) is 119 Å². The number of hydrogen-bond donors (Lipinski definition) is 2. The van der Waals surface area contributed by atoms with Crippen molar-refractivity contribution in [1.29, 1.82) is 0 Å². The van der Waals surface area contributed by atoms with Crippen LogP contribution in [0.25, 0.3) is 22.2 Å². The number of fused-ring (bicyclic) bond motifs is 2. The average molecular weight is 546 g/mol. The molecule has 1 aliphatic heterocycles. The van der Waals surface area contributed by atoms with E-state index >= 15 is 0 Å². The van der Waals surface area contributed by atoms with Gasteiger partial charge in [-0.15, -0.1) is 0 Å². The molecule has 7 nitrogen and oxygen atoms in total. The van der Waals surface area contributed by atoms with E-state index in [-0.39, 0.29) is 18.4 Å². The number of benzene rings is 4. The Hall–Kier alpha value is -5.04. The summed E-state index contributed by atoms with van der Waals surface area (Å²) in [5, 5.41) is 4.04. The third kappa shape index (κ3) is 4.91. The van der Waals surface area contributed by atoms with Gasteiger partial charge in [0.15, 0.2) is 11.5 Å². The van der Waals surface area contributed by atoms with Crippen LogP contribution >= 0.6 is 0 Å². The summed E-state index contributed by atoms with van der Waals surface area (Å²) in [5.74, 6) is 0.945. The Balaban J connectivity index is 1.30. The molecule has 5 aromatic rings. The number of rotatable bonds is 9. The van der Waals surface area contributed by atoms with Crippen molar-refractivity contribution in [2.24, 2.45) is 0 Å². The third-order valence-electron chi connectivity index (χ3n) is 7.64. The molecule has 41 heavy (non-hydrogen) atoms. The highest BCUT2D eigenvalue weighted by Crippen LogP contribution is 2.45. The molecule has 4 aromatic carbocycles. The van der Waals surface area contributed by atoms with Gasteiger partial charge in [0.1, 0.15) is 6.54 Å². The maximum absolute atomic E-state index is 13.8. The van der Waals surface area contributed by atoms with Crippen molar-refractivity contribution in [3.63, 3.8) is 0 Å². The molecular formula is C34H31N3O4. The number of methoxy groups -OCH3 is 2. The largest absolute Gasteiger partial charge is 0.493 e. The molecule has 0 fully saturated rings. The number of nitrogens with one attached hydrogen (secondary N) is 2. The van der Waals surface area contributed by atoms with E-state index in [9.17, 15) is 9.59 Å². The van der Waals surface area contributed by atoms with Crippen LogP contribution in [0.2, 0.25) is 0 Å². The predicted molar refractivity (Wildman–Crippen MR) is 159 cm³/mol. The van der Waals surface area contributed by atoms with E-state index in [4.69, 9.17) is 9.47 Å². The van der Waals surface area contributed by atoms with Gasteiger partial charge in [-0.3, -0.25) is 9.59 Å². The van der Waals surface area contributed by atoms with Gasteiger partial charge in [0, 0.05) is 28.6 Å². The van der Waals surface area contributed by atoms with Gasteiger partial charge in [0.25, 0.3) is 5.91 Å². The lowest BCUT2D eigenvalue weighted by Crippen LogP contribution is -2.40. The first kappa shape index (κ1) is 26.2. The number of nitrogens with zero attached hydrogens (tertiary/aromatic N) is 1. The topological polar surface area (TPSA) is 83.7 Å². The number of para-hydroxylation sites is 1. The van der Waals surface area contributed by atoms with Crippen molar-refractivity contribution in [3.8, 4) is 22.8 Å². The Labute approximate surface area is 238 Å². The number of carbonyl (C=O) groups excluding carboxylic acids is 2. The molecule has 0 unspecified atom stereocenters. The highest BCUT2D eigenvalue weighted by molar-refractivity contribution is 6.03. The molecule has 2 N–H and O–H groups in total. The van der Waals surface area contributed by atoms with Crippen LogP contribution in [0.3, 0.4) is 0 Å². The summed E-state index contributed by atoms with van der Waals surface area (Å²) in [6.07, 6.45) is 0.615. The van der Waals surface area contributed by atoms with Gasteiger partial charge in [-0.1, -0.05) is 72.8 Å². The number of hydrogen-bond acceptors (Lipinski definition) is 4. The second-order valence-electron chi connectivity index (χ2n) is 10.0. The zero-order chi connectivity index (χ0) is 28.3. The molecular weight excluding hydrogens is 514 g/mol. The molecule has 6 rings (SSSR count). The van der Waals surface area contributed by atoms with Gasteiger partial charge in [-0.2, -0.15) is 0 Å². The average Bonchev–Trinajstić information content (AvgIpc) is 3.52. The highest BCUT2D eigenvalue weighted by atomic mass is 16.5. The smallest absolute Gasteiger partial charge is 0.255 e. The van der Waals surface area contributed by atoms with E-state index in [1.165, 1.54) is 0 Å². The zero-order valence-corrected chi connectivity index (χ0v) is 23.0. The number of H-pyrrole nitrogens is 1. The lowest BCUT2D eigenvalue weighted by atomic mass is 9.93. The van der Waals surface area contributed by atoms with E-state index in [1.54, 1.807) is 19.1 Å². The van der Waals surface area contributed by atoms with Crippen LogP contribution in [0, 0.1) is 0 Å². The second kappa shape index (κ2) is 11.2. The summed E-state index contributed by atoms with van der Waals surface area (Å²) in [5.41, 5.74) is 6.48. The molecule has 1 aromatic heterocycles. The molecule has 1 aliphatic rings. The minimum absolute atomic E-state index is 0.0577. The lowest BCUT2D eigenvalue weighted by Gasteiger charge is -2.26. The highest BCUT2D eigenvalue weighted by Gasteiger charge is 2.40. The summed E-state index contributed by atoms with van der Waals surface area (Å²) in [7, 11) is 3.20. The van der Waals surface area contributed by atoms with Gasteiger partial charge >= 0.3 is 0 Å². The Morgan fingerprint density at radius 3 is 2.41 bits per heavy atom. The van der Waals surface area contributed by atoms with Crippen molar-refractivity contribution in [2.45, 2.75) is 12.5 Å². The van der Waals surface area contributed by atoms with E-state index < -0.39 is 6.04 Å². The van der Waals surface area contributed by atoms with Crippen molar-refractivity contribution in [1.82, 2.24) is 15.2 Å². The first-order valence-corrected chi connectivity index (χ1v) is 13.6. The number of ether oxygens (including phenoxy) is 2. The molecule has 206 valence electrons. The fourth-order valence-corrected chi connectivity index (χ4v) is 5.72. The molecule has 1 atom stereocenters. The van der Waals surface area contributed by atoms with Crippen LogP contribution in [0.5, 0.6) is 11.5 Å². The zero-order valence-electron chi connectivity index (χ0n) is 23.0. The molecule has 0 radical (unpaired) electrons. The first-order chi connectivity index (χ1) is 20.1. The summed E-state index contributed by atoms with van der Waals surface area (Å²) < 4.78 is 10.7. The minimum Gasteiger partial charge on any atom is -0.493 e. The van der Waals surface area contributed by atoms with Crippen LogP contribution in [0.15, 0.2) is 97.1 Å². The second-order valence-corrected chi connectivity index (χ2v) is 10.0.